The van der Waals surface area contributed by atoms with E-state index in [0.29, 0.717) is 33.3 Å². The number of halogens is 1. The predicted octanol–water partition coefficient (Wildman–Crippen LogP) is 3.88. The summed E-state index contributed by atoms with van der Waals surface area (Å²) in [7, 11) is 0. The van der Waals surface area contributed by atoms with Crippen molar-refractivity contribution in [3.63, 3.8) is 0 Å². The molecular formula is C22H17ClN6O2. The molecule has 3 aromatic carbocycles. The SMILES string of the molecule is O=C(Cn1nnc(-c2ccccc2NC(=O)c2ccc(Cl)cc2)n1)Nc1ccccc1. The third kappa shape index (κ3) is 5.12. The minimum atomic E-state index is -0.293. The highest BCUT2D eigenvalue weighted by atomic mass is 35.5. The highest BCUT2D eigenvalue weighted by Gasteiger charge is 2.15. The van der Waals surface area contributed by atoms with Crippen molar-refractivity contribution >= 4 is 34.8 Å². The van der Waals surface area contributed by atoms with Gasteiger partial charge >= 0.3 is 0 Å². The van der Waals surface area contributed by atoms with Crippen molar-refractivity contribution in [3.05, 3.63) is 89.4 Å². The van der Waals surface area contributed by atoms with E-state index < -0.39 is 0 Å². The first kappa shape index (κ1) is 20.2. The van der Waals surface area contributed by atoms with Crippen LogP contribution in [-0.2, 0) is 11.3 Å². The molecule has 0 aliphatic rings. The van der Waals surface area contributed by atoms with Gasteiger partial charge in [-0.25, -0.2) is 0 Å². The van der Waals surface area contributed by atoms with E-state index in [1.54, 1.807) is 60.7 Å². The number of aromatic nitrogens is 4. The standard InChI is InChI=1S/C22H17ClN6O2/c23-16-12-10-15(11-13-16)22(31)25-19-9-5-4-8-18(19)21-26-28-29(27-21)14-20(30)24-17-6-2-1-3-7-17/h1-13H,14H2,(H,24,30)(H,25,31). The summed E-state index contributed by atoms with van der Waals surface area (Å²) in [4.78, 5) is 26.0. The number of rotatable bonds is 6. The van der Waals surface area contributed by atoms with Gasteiger partial charge in [0, 0.05) is 21.8 Å². The molecule has 0 bridgehead atoms. The molecule has 0 radical (unpaired) electrons. The second kappa shape index (κ2) is 9.19. The number of hydrogen-bond acceptors (Lipinski definition) is 5. The van der Waals surface area contributed by atoms with Gasteiger partial charge in [-0.1, -0.05) is 41.9 Å². The molecule has 0 saturated heterocycles. The van der Waals surface area contributed by atoms with E-state index in [9.17, 15) is 9.59 Å². The van der Waals surface area contributed by atoms with Gasteiger partial charge in [-0.15, -0.1) is 10.2 Å². The highest BCUT2D eigenvalue weighted by Crippen LogP contribution is 2.25. The van der Waals surface area contributed by atoms with Crippen molar-refractivity contribution in [1.82, 2.24) is 20.2 Å². The first-order valence-corrected chi connectivity index (χ1v) is 9.75. The van der Waals surface area contributed by atoms with Crippen LogP contribution in [0, 0.1) is 0 Å². The number of anilines is 2. The summed E-state index contributed by atoms with van der Waals surface area (Å²) >= 11 is 5.88. The first-order valence-electron chi connectivity index (χ1n) is 9.37. The van der Waals surface area contributed by atoms with E-state index in [0.717, 1.165) is 0 Å². The zero-order chi connectivity index (χ0) is 21.6. The van der Waals surface area contributed by atoms with Crippen LogP contribution in [0.5, 0.6) is 0 Å². The molecule has 0 aliphatic heterocycles. The highest BCUT2D eigenvalue weighted by molar-refractivity contribution is 6.30. The van der Waals surface area contributed by atoms with E-state index in [2.05, 4.69) is 26.0 Å². The molecule has 0 atom stereocenters. The number of carbonyl (C=O) groups is 2. The zero-order valence-corrected chi connectivity index (χ0v) is 17.0. The van der Waals surface area contributed by atoms with Crippen LogP contribution in [0.2, 0.25) is 5.02 Å². The average Bonchev–Trinajstić information content (AvgIpc) is 3.23. The van der Waals surface area contributed by atoms with Crippen LogP contribution in [0.15, 0.2) is 78.9 Å². The van der Waals surface area contributed by atoms with Crippen molar-refractivity contribution in [2.45, 2.75) is 6.54 Å². The molecule has 4 rings (SSSR count). The second-order valence-electron chi connectivity index (χ2n) is 6.56. The molecule has 1 heterocycles. The molecule has 2 amide bonds. The van der Waals surface area contributed by atoms with Crippen LogP contribution in [-0.4, -0.2) is 32.0 Å². The van der Waals surface area contributed by atoms with Crippen LogP contribution in [0.3, 0.4) is 0 Å². The Kier molecular flexibility index (Phi) is 6.00. The van der Waals surface area contributed by atoms with E-state index in [4.69, 9.17) is 11.6 Å². The summed E-state index contributed by atoms with van der Waals surface area (Å²) < 4.78 is 0. The largest absolute Gasteiger partial charge is 0.324 e. The Balaban J connectivity index is 1.48. The minimum absolute atomic E-state index is 0.0960. The summed E-state index contributed by atoms with van der Waals surface area (Å²) in [5, 5.41) is 18.4. The van der Waals surface area contributed by atoms with E-state index >= 15 is 0 Å². The molecule has 31 heavy (non-hydrogen) atoms. The number of amides is 2. The third-order valence-corrected chi connectivity index (χ3v) is 4.57. The van der Waals surface area contributed by atoms with Gasteiger partial charge in [0.2, 0.25) is 11.7 Å². The molecule has 0 spiro atoms. The lowest BCUT2D eigenvalue weighted by molar-refractivity contribution is -0.117. The molecule has 0 fully saturated rings. The van der Waals surface area contributed by atoms with Crippen molar-refractivity contribution in [2.24, 2.45) is 0 Å². The molecule has 154 valence electrons. The lowest BCUT2D eigenvalue weighted by Gasteiger charge is -2.09. The van der Waals surface area contributed by atoms with Crippen LogP contribution in [0.4, 0.5) is 11.4 Å². The van der Waals surface area contributed by atoms with Gasteiger partial charge < -0.3 is 10.6 Å². The molecule has 0 aliphatic carbocycles. The quantitative estimate of drug-likeness (QED) is 0.481. The van der Waals surface area contributed by atoms with Crippen molar-refractivity contribution in [2.75, 3.05) is 10.6 Å². The van der Waals surface area contributed by atoms with E-state index in [1.165, 1.54) is 4.80 Å². The molecule has 8 nitrogen and oxygen atoms in total. The fraction of sp³-hybridized carbons (Fsp3) is 0.0455. The molecule has 9 heteroatoms. The number of para-hydroxylation sites is 2. The number of benzene rings is 3. The number of nitrogens with zero attached hydrogens (tertiary/aromatic N) is 4. The fourth-order valence-electron chi connectivity index (χ4n) is 2.85. The van der Waals surface area contributed by atoms with Gasteiger partial charge in [0.25, 0.3) is 5.91 Å². The Morgan fingerprint density at radius 1 is 0.871 bits per heavy atom. The average molecular weight is 433 g/mol. The maximum atomic E-state index is 12.6. The third-order valence-electron chi connectivity index (χ3n) is 4.32. The van der Waals surface area contributed by atoms with Gasteiger partial charge in [-0.3, -0.25) is 9.59 Å². The van der Waals surface area contributed by atoms with Crippen molar-refractivity contribution < 1.29 is 9.59 Å². The number of nitrogens with one attached hydrogen (secondary N) is 2. The van der Waals surface area contributed by atoms with Crippen LogP contribution < -0.4 is 10.6 Å². The summed E-state index contributed by atoms with van der Waals surface area (Å²) in [6.45, 7) is -0.0960. The van der Waals surface area contributed by atoms with Crippen LogP contribution in [0.1, 0.15) is 10.4 Å². The molecule has 1 aromatic heterocycles. The van der Waals surface area contributed by atoms with Gasteiger partial charge in [-0.05, 0) is 53.7 Å². The number of hydrogen-bond donors (Lipinski definition) is 2. The first-order chi connectivity index (χ1) is 15.1. The lowest BCUT2D eigenvalue weighted by atomic mass is 10.1. The smallest absolute Gasteiger partial charge is 0.255 e. The fourth-order valence-corrected chi connectivity index (χ4v) is 2.98. The maximum Gasteiger partial charge on any atom is 0.255 e. The molecular weight excluding hydrogens is 416 g/mol. The second-order valence-corrected chi connectivity index (χ2v) is 7.00. The summed E-state index contributed by atoms with van der Waals surface area (Å²) in [5.41, 5.74) is 2.26. The van der Waals surface area contributed by atoms with Gasteiger partial charge in [0.05, 0.1) is 5.69 Å². The monoisotopic (exact) mass is 432 g/mol. The summed E-state index contributed by atoms with van der Waals surface area (Å²) in [6, 6.07) is 22.8. The maximum absolute atomic E-state index is 12.6. The zero-order valence-electron chi connectivity index (χ0n) is 16.2. The number of tetrazole rings is 1. The van der Waals surface area contributed by atoms with Crippen molar-refractivity contribution in [3.8, 4) is 11.4 Å². The van der Waals surface area contributed by atoms with Crippen molar-refractivity contribution in [1.29, 1.82) is 0 Å². The molecule has 2 N–H and O–H groups in total. The van der Waals surface area contributed by atoms with E-state index in [-0.39, 0.29) is 18.4 Å². The number of carbonyl (C=O) groups excluding carboxylic acids is 2. The van der Waals surface area contributed by atoms with Gasteiger partial charge in [-0.2, -0.15) is 4.80 Å². The Morgan fingerprint density at radius 2 is 1.58 bits per heavy atom. The molecule has 4 aromatic rings. The van der Waals surface area contributed by atoms with Gasteiger partial charge in [0.1, 0.15) is 6.54 Å². The Bertz CT molecular complexity index is 1210. The Hall–Kier alpha value is -4.04. The minimum Gasteiger partial charge on any atom is -0.324 e. The van der Waals surface area contributed by atoms with Crippen LogP contribution in [0.25, 0.3) is 11.4 Å². The Labute approximate surface area is 182 Å². The predicted molar refractivity (Wildman–Crippen MR) is 118 cm³/mol. The van der Waals surface area contributed by atoms with Crippen LogP contribution >= 0.6 is 11.6 Å². The summed E-state index contributed by atoms with van der Waals surface area (Å²) in [5.74, 6) is -0.280. The topological polar surface area (TPSA) is 102 Å². The lowest BCUT2D eigenvalue weighted by Crippen LogP contribution is -2.20. The summed E-state index contributed by atoms with van der Waals surface area (Å²) in [6.07, 6.45) is 0. The Morgan fingerprint density at radius 3 is 2.35 bits per heavy atom. The molecule has 0 unspecified atom stereocenters. The normalized spacial score (nSPS) is 10.5. The van der Waals surface area contributed by atoms with Gasteiger partial charge in [0.15, 0.2) is 0 Å². The van der Waals surface area contributed by atoms with E-state index in [1.807, 2.05) is 18.2 Å². The molecule has 0 saturated carbocycles.